The van der Waals surface area contributed by atoms with Crippen LogP contribution in [0.2, 0.25) is 0 Å². The number of benzene rings is 1. The van der Waals surface area contributed by atoms with Crippen molar-refractivity contribution < 1.29 is 14.6 Å². The highest BCUT2D eigenvalue weighted by Crippen LogP contribution is 2.24. The van der Waals surface area contributed by atoms with Crippen LogP contribution < -0.4 is 9.64 Å². The summed E-state index contributed by atoms with van der Waals surface area (Å²) in [4.78, 5) is 13.2. The number of methoxy groups -OCH3 is 1. The summed E-state index contributed by atoms with van der Waals surface area (Å²) in [5.74, 6) is -0.0616. The lowest BCUT2D eigenvalue weighted by Crippen LogP contribution is -2.15. The van der Waals surface area contributed by atoms with Crippen LogP contribution in [0, 0.1) is 0 Å². The average molecular weight is 277 g/mol. The molecule has 0 spiro atoms. The summed E-state index contributed by atoms with van der Waals surface area (Å²) >= 11 is 1.24. The highest BCUT2D eigenvalue weighted by molar-refractivity contribution is 7.12. The van der Waals surface area contributed by atoms with E-state index in [4.69, 9.17) is 9.84 Å². The Morgan fingerprint density at radius 3 is 2.84 bits per heavy atom. The first-order valence-corrected chi connectivity index (χ1v) is 6.64. The van der Waals surface area contributed by atoms with Crippen molar-refractivity contribution >= 4 is 23.0 Å². The van der Waals surface area contributed by atoms with E-state index in [1.54, 1.807) is 13.2 Å². The molecule has 0 radical (unpaired) electrons. The minimum absolute atomic E-state index is 0.354. The van der Waals surface area contributed by atoms with Crippen LogP contribution in [0.3, 0.4) is 0 Å². The van der Waals surface area contributed by atoms with E-state index >= 15 is 0 Å². The number of anilines is 1. The van der Waals surface area contributed by atoms with Crippen LogP contribution in [0.5, 0.6) is 5.75 Å². The number of rotatable bonds is 5. The molecule has 0 amide bonds. The Morgan fingerprint density at radius 2 is 2.21 bits per heavy atom. The van der Waals surface area contributed by atoms with E-state index in [1.807, 2.05) is 41.6 Å². The number of ether oxygens (including phenoxy) is 1. The molecular weight excluding hydrogens is 262 g/mol. The lowest BCUT2D eigenvalue weighted by atomic mass is 10.2. The summed E-state index contributed by atoms with van der Waals surface area (Å²) < 4.78 is 5.18. The average Bonchev–Trinajstić information content (AvgIpc) is 2.89. The molecule has 0 aliphatic heterocycles. The van der Waals surface area contributed by atoms with Crippen LogP contribution in [0.15, 0.2) is 35.7 Å². The Morgan fingerprint density at radius 1 is 1.42 bits per heavy atom. The first kappa shape index (κ1) is 13.4. The van der Waals surface area contributed by atoms with Gasteiger partial charge in [-0.25, -0.2) is 4.79 Å². The Kier molecular flexibility index (Phi) is 4.06. The molecule has 19 heavy (non-hydrogen) atoms. The van der Waals surface area contributed by atoms with Crippen LogP contribution in [-0.4, -0.2) is 25.2 Å². The number of carbonyl (C=O) groups is 1. The van der Waals surface area contributed by atoms with Gasteiger partial charge in [0.2, 0.25) is 0 Å². The van der Waals surface area contributed by atoms with Crippen molar-refractivity contribution in [3.05, 3.63) is 46.2 Å². The van der Waals surface area contributed by atoms with Gasteiger partial charge in [-0.05, 0) is 23.8 Å². The molecule has 1 aromatic heterocycles. The van der Waals surface area contributed by atoms with Crippen molar-refractivity contribution in [2.24, 2.45) is 0 Å². The van der Waals surface area contributed by atoms with Gasteiger partial charge in [-0.2, -0.15) is 0 Å². The van der Waals surface area contributed by atoms with Crippen LogP contribution >= 0.6 is 11.3 Å². The zero-order chi connectivity index (χ0) is 13.8. The number of thiophene rings is 1. The number of hydrogen-bond acceptors (Lipinski definition) is 4. The van der Waals surface area contributed by atoms with E-state index < -0.39 is 5.97 Å². The predicted molar refractivity (Wildman–Crippen MR) is 76.4 cm³/mol. The Labute approximate surface area is 115 Å². The van der Waals surface area contributed by atoms with Gasteiger partial charge in [-0.1, -0.05) is 12.1 Å². The normalized spacial score (nSPS) is 10.2. The Hall–Kier alpha value is -2.01. The molecule has 1 N–H and O–H groups in total. The number of carboxylic acids is 1. The number of carboxylic acid groups (broad SMARTS) is 1. The summed E-state index contributed by atoms with van der Waals surface area (Å²) in [6.45, 7) is 0.701. The smallest absolute Gasteiger partial charge is 0.345 e. The van der Waals surface area contributed by atoms with Gasteiger partial charge in [0.1, 0.15) is 10.6 Å². The van der Waals surface area contributed by atoms with Crippen LogP contribution in [0.1, 0.15) is 15.2 Å². The summed E-state index contributed by atoms with van der Waals surface area (Å²) in [5.41, 5.74) is 2.02. The SMILES string of the molecule is COc1cccc(CN(C)c2csc(C(=O)O)c2)c1. The molecule has 0 fully saturated rings. The van der Waals surface area contributed by atoms with Gasteiger partial charge in [0.05, 0.1) is 7.11 Å². The van der Waals surface area contributed by atoms with E-state index in [0.29, 0.717) is 11.4 Å². The molecule has 2 aromatic rings. The second-order valence-electron chi connectivity index (χ2n) is 4.18. The first-order chi connectivity index (χ1) is 9.10. The monoisotopic (exact) mass is 277 g/mol. The lowest BCUT2D eigenvalue weighted by Gasteiger charge is -2.17. The second kappa shape index (κ2) is 5.75. The molecule has 0 aliphatic carbocycles. The fourth-order valence-corrected chi connectivity index (χ4v) is 2.56. The van der Waals surface area contributed by atoms with E-state index in [9.17, 15) is 4.79 Å². The molecule has 1 heterocycles. The van der Waals surface area contributed by atoms with Gasteiger partial charge >= 0.3 is 5.97 Å². The van der Waals surface area contributed by atoms with Gasteiger partial charge < -0.3 is 14.7 Å². The van der Waals surface area contributed by atoms with Crippen molar-refractivity contribution in [1.82, 2.24) is 0 Å². The number of nitrogens with zero attached hydrogens (tertiary/aromatic N) is 1. The Balaban J connectivity index is 2.10. The van der Waals surface area contributed by atoms with Crippen molar-refractivity contribution in [2.75, 3.05) is 19.1 Å². The lowest BCUT2D eigenvalue weighted by molar-refractivity contribution is 0.0702. The van der Waals surface area contributed by atoms with Gasteiger partial charge in [0.25, 0.3) is 0 Å². The standard InChI is InChI=1S/C14H15NO3S/c1-15(11-7-13(14(16)17)19-9-11)8-10-4-3-5-12(6-10)18-2/h3-7,9H,8H2,1-2H3,(H,16,17). The minimum atomic E-state index is -0.883. The molecular formula is C14H15NO3S. The van der Waals surface area contributed by atoms with Gasteiger partial charge in [0.15, 0.2) is 0 Å². The third-order valence-corrected chi connectivity index (χ3v) is 3.70. The van der Waals surface area contributed by atoms with Crippen molar-refractivity contribution in [2.45, 2.75) is 6.54 Å². The molecule has 5 heteroatoms. The van der Waals surface area contributed by atoms with Gasteiger partial charge in [0, 0.05) is 24.7 Å². The van der Waals surface area contributed by atoms with E-state index in [1.165, 1.54) is 11.3 Å². The van der Waals surface area contributed by atoms with E-state index in [0.717, 1.165) is 17.0 Å². The van der Waals surface area contributed by atoms with Gasteiger partial charge in [-0.15, -0.1) is 11.3 Å². The van der Waals surface area contributed by atoms with Crippen LogP contribution in [0.4, 0.5) is 5.69 Å². The highest BCUT2D eigenvalue weighted by atomic mass is 32.1. The number of hydrogen-bond donors (Lipinski definition) is 1. The molecule has 0 unspecified atom stereocenters. The quantitative estimate of drug-likeness (QED) is 0.912. The van der Waals surface area contributed by atoms with Crippen molar-refractivity contribution in [3.8, 4) is 5.75 Å². The van der Waals surface area contributed by atoms with Crippen molar-refractivity contribution in [3.63, 3.8) is 0 Å². The summed E-state index contributed by atoms with van der Waals surface area (Å²) in [6.07, 6.45) is 0. The van der Waals surface area contributed by atoms with Gasteiger partial charge in [-0.3, -0.25) is 0 Å². The third-order valence-electron chi connectivity index (χ3n) is 2.79. The molecule has 1 aromatic carbocycles. The molecule has 0 atom stereocenters. The molecule has 0 aliphatic rings. The first-order valence-electron chi connectivity index (χ1n) is 5.76. The topological polar surface area (TPSA) is 49.8 Å². The molecule has 0 saturated heterocycles. The van der Waals surface area contributed by atoms with Crippen LogP contribution in [0.25, 0.3) is 0 Å². The maximum absolute atomic E-state index is 10.9. The Bertz CT molecular complexity index is 580. The highest BCUT2D eigenvalue weighted by Gasteiger charge is 2.10. The molecule has 2 rings (SSSR count). The molecule has 4 nitrogen and oxygen atoms in total. The summed E-state index contributed by atoms with van der Waals surface area (Å²) in [7, 11) is 3.58. The zero-order valence-electron chi connectivity index (χ0n) is 10.8. The summed E-state index contributed by atoms with van der Waals surface area (Å²) in [6, 6.07) is 9.52. The predicted octanol–water partition coefficient (Wildman–Crippen LogP) is 3.09. The van der Waals surface area contributed by atoms with Crippen LogP contribution in [-0.2, 0) is 6.54 Å². The zero-order valence-corrected chi connectivity index (χ0v) is 11.6. The summed E-state index contributed by atoms with van der Waals surface area (Å²) in [5, 5.41) is 10.8. The fraction of sp³-hybridized carbons (Fsp3) is 0.214. The van der Waals surface area contributed by atoms with E-state index in [-0.39, 0.29) is 0 Å². The minimum Gasteiger partial charge on any atom is -0.497 e. The molecule has 0 bridgehead atoms. The number of aromatic carboxylic acids is 1. The van der Waals surface area contributed by atoms with E-state index in [2.05, 4.69) is 0 Å². The third kappa shape index (κ3) is 3.26. The largest absolute Gasteiger partial charge is 0.497 e. The molecule has 0 saturated carbocycles. The second-order valence-corrected chi connectivity index (χ2v) is 5.09. The molecule has 100 valence electrons. The van der Waals surface area contributed by atoms with Crippen molar-refractivity contribution in [1.29, 1.82) is 0 Å². The maximum Gasteiger partial charge on any atom is 0.345 e. The fourth-order valence-electron chi connectivity index (χ4n) is 1.77. The maximum atomic E-state index is 10.9.